The lowest BCUT2D eigenvalue weighted by Gasteiger charge is -2.19. The highest BCUT2D eigenvalue weighted by Gasteiger charge is 2.18. The molecule has 3 nitrogen and oxygen atoms in total. The van der Waals surface area contributed by atoms with Gasteiger partial charge in [0, 0.05) is 6.04 Å². The Kier molecular flexibility index (Phi) is 5.78. The minimum atomic E-state index is -0.831. The number of nitrogens with one attached hydrogen (secondary N) is 1. The van der Waals surface area contributed by atoms with Crippen LogP contribution >= 0.6 is 0 Å². The average molecular weight is 253 g/mol. The van der Waals surface area contributed by atoms with Crippen LogP contribution < -0.4 is 5.32 Å². The van der Waals surface area contributed by atoms with E-state index < -0.39 is 12.0 Å². The van der Waals surface area contributed by atoms with E-state index in [4.69, 9.17) is 5.11 Å². The number of carbonyl (C=O) groups is 1. The number of halogens is 1. The molecule has 0 aliphatic carbocycles. The molecule has 0 heterocycles. The zero-order chi connectivity index (χ0) is 13.5. The Bertz CT molecular complexity index is 395. The second kappa shape index (κ2) is 7.11. The third-order valence-electron chi connectivity index (χ3n) is 2.79. The molecule has 2 atom stereocenters. The van der Waals surface area contributed by atoms with Gasteiger partial charge in [0.25, 0.3) is 0 Å². The van der Waals surface area contributed by atoms with Crippen molar-refractivity contribution in [3.05, 3.63) is 35.6 Å². The van der Waals surface area contributed by atoms with Crippen LogP contribution in [0.4, 0.5) is 4.39 Å². The number of rotatable bonds is 7. The lowest BCUT2D eigenvalue weighted by atomic mass is 10.0. The molecule has 1 aromatic carbocycles. The molecule has 0 aliphatic heterocycles. The van der Waals surface area contributed by atoms with E-state index in [0.717, 1.165) is 12.0 Å². The molecule has 2 unspecified atom stereocenters. The second-order valence-corrected chi connectivity index (χ2v) is 4.58. The van der Waals surface area contributed by atoms with Crippen LogP contribution in [0.1, 0.15) is 32.3 Å². The summed E-state index contributed by atoms with van der Waals surface area (Å²) in [5, 5.41) is 12.1. The summed E-state index contributed by atoms with van der Waals surface area (Å²) in [7, 11) is 0. The summed E-state index contributed by atoms with van der Waals surface area (Å²) in [6, 6.07) is 5.86. The lowest BCUT2D eigenvalue weighted by molar-refractivity contribution is -0.139. The van der Waals surface area contributed by atoms with Gasteiger partial charge < -0.3 is 10.4 Å². The second-order valence-electron chi connectivity index (χ2n) is 4.58. The summed E-state index contributed by atoms with van der Waals surface area (Å²) < 4.78 is 13.0. The SMILES string of the molecule is CCCC(NC(C)Cc1cccc(F)c1)C(=O)O. The predicted octanol–water partition coefficient (Wildman–Crippen LogP) is 2.60. The van der Waals surface area contributed by atoms with Gasteiger partial charge in [0.2, 0.25) is 0 Å². The van der Waals surface area contributed by atoms with Crippen LogP contribution in [-0.4, -0.2) is 23.2 Å². The van der Waals surface area contributed by atoms with Crippen molar-refractivity contribution in [2.24, 2.45) is 0 Å². The van der Waals surface area contributed by atoms with Crippen molar-refractivity contribution in [2.45, 2.75) is 45.2 Å². The van der Waals surface area contributed by atoms with E-state index in [1.54, 1.807) is 6.07 Å². The van der Waals surface area contributed by atoms with Gasteiger partial charge in [-0.15, -0.1) is 0 Å². The molecule has 0 radical (unpaired) electrons. The van der Waals surface area contributed by atoms with E-state index in [-0.39, 0.29) is 11.9 Å². The Morgan fingerprint density at radius 2 is 2.22 bits per heavy atom. The topological polar surface area (TPSA) is 49.3 Å². The number of aliphatic carboxylic acids is 1. The molecule has 0 bridgehead atoms. The molecule has 1 rings (SSSR count). The van der Waals surface area contributed by atoms with Crippen molar-refractivity contribution in [2.75, 3.05) is 0 Å². The Morgan fingerprint density at radius 1 is 1.50 bits per heavy atom. The molecule has 0 aliphatic rings. The molecular formula is C14H20FNO2. The van der Waals surface area contributed by atoms with Gasteiger partial charge in [-0.2, -0.15) is 0 Å². The van der Waals surface area contributed by atoms with Gasteiger partial charge in [-0.05, 0) is 37.5 Å². The molecule has 2 N–H and O–H groups in total. The van der Waals surface area contributed by atoms with Gasteiger partial charge in [0.05, 0.1) is 0 Å². The highest BCUT2D eigenvalue weighted by Crippen LogP contribution is 2.08. The van der Waals surface area contributed by atoms with Crippen molar-refractivity contribution in [3.8, 4) is 0 Å². The zero-order valence-corrected chi connectivity index (χ0v) is 10.8. The van der Waals surface area contributed by atoms with E-state index in [2.05, 4.69) is 5.32 Å². The predicted molar refractivity (Wildman–Crippen MR) is 69.0 cm³/mol. The van der Waals surface area contributed by atoms with Crippen LogP contribution in [0.2, 0.25) is 0 Å². The molecule has 0 amide bonds. The smallest absolute Gasteiger partial charge is 0.320 e. The maximum atomic E-state index is 13.0. The Hall–Kier alpha value is -1.42. The van der Waals surface area contributed by atoms with Gasteiger partial charge in [-0.25, -0.2) is 4.39 Å². The Morgan fingerprint density at radius 3 is 2.78 bits per heavy atom. The molecule has 100 valence electrons. The van der Waals surface area contributed by atoms with E-state index in [1.807, 2.05) is 19.9 Å². The van der Waals surface area contributed by atoms with E-state index in [1.165, 1.54) is 12.1 Å². The largest absolute Gasteiger partial charge is 0.480 e. The number of carboxylic acids is 1. The van der Waals surface area contributed by atoms with Crippen molar-refractivity contribution < 1.29 is 14.3 Å². The van der Waals surface area contributed by atoms with Crippen molar-refractivity contribution >= 4 is 5.97 Å². The van der Waals surface area contributed by atoms with Crippen molar-refractivity contribution in [3.63, 3.8) is 0 Å². The molecule has 4 heteroatoms. The molecule has 1 aromatic rings. The van der Waals surface area contributed by atoms with Gasteiger partial charge in [0.1, 0.15) is 11.9 Å². The summed E-state index contributed by atoms with van der Waals surface area (Å²) >= 11 is 0. The number of benzene rings is 1. The fraction of sp³-hybridized carbons (Fsp3) is 0.500. The molecular weight excluding hydrogens is 233 g/mol. The Balaban J connectivity index is 2.54. The zero-order valence-electron chi connectivity index (χ0n) is 10.8. The molecule has 0 saturated heterocycles. The quantitative estimate of drug-likeness (QED) is 0.785. The lowest BCUT2D eigenvalue weighted by Crippen LogP contribution is -2.42. The third-order valence-corrected chi connectivity index (χ3v) is 2.79. The van der Waals surface area contributed by atoms with Crippen LogP contribution in [0, 0.1) is 5.82 Å². The van der Waals surface area contributed by atoms with Crippen molar-refractivity contribution in [1.29, 1.82) is 0 Å². The minimum absolute atomic E-state index is 0.000509. The first-order valence-electron chi connectivity index (χ1n) is 6.26. The number of carboxylic acid groups (broad SMARTS) is 1. The van der Waals surface area contributed by atoms with Gasteiger partial charge in [0.15, 0.2) is 0 Å². The van der Waals surface area contributed by atoms with Crippen LogP contribution in [0.3, 0.4) is 0 Å². The van der Waals surface area contributed by atoms with Gasteiger partial charge in [-0.3, -0.25) is 4.79 Å². The molecule has 0 saturated carbocycles. The summed E-state index contributed by atoms with van der Waals surface area (Å²) in [6.07, 6.45) is 2.03. The summed E-state index contributed by atoms with van der Waals surface area (Å²) in [6.45, 7) is 3.87. The monoisotopic (exact) mass is 253 g/mol. The van der Waals surface area contributed by atoms with E-state index >= 15 is 0 Å². The highest BCUT2D eigenvalue weighted by molar-refractivity contribution is 5.73. The average Bonchev–Trinajstić information content (AvgIpc) is 2.28. The first kappa shape index (κ1) is 14.6. The fourth-order valence-electron chi connectivity index (χ4n) is 1.99. The standard InChI is InChI=1S/C14H20FNO2/c1-3-5-13(14(17)18)16-10(2)8-11-6-4-7-12(15)9-11/h4,6-7,9-10,13,16H,3,5,8H2,1-2H3,(H,17,18). The third kappa shape index (κ3) is 4.84. The Labute approximate surface area is 107 Å². The van der Waals surface area contributed by atoms with E-state index in [9.17, 15) is 9.18 Å². The highest BCUT2D eigenvalue weighted by atomic mass is 19.1. The van der Waals surface area contributed by atoms with Gasteiger partial charge in [-0.1, -0.05) is 25.5 Å². The van der Waals surface area contributed by atoms with Crippen molar-refractivity contribution in [1.82, 2.24) is 5.32 Å². The van der Waals surface area contributed by atoms with Crippen LogP contribution in [0.25, 0.3) is 0 Å². The molecule has 0 spiro atoms. The molecule has 0 fully saturated rings. The van der Waals surface area contributed by atoms with Crippen LogP contribution in [0.5, 0.6) is 0 Å². The summed E-state index contributed by atoms with van der Waals surface area (Å²) in [5.41, 5.74) is 0.871. The summed E-state index contributed by atoms with van der Waals surface area (Å²) in [4.78, 5) is 11.0. The summed E-state index contributed by atoms with van der Waals surface area (Å²) in [5.74, 6) is -1.09. The van der Waals surface area contributed by atoms with E-state index in [0.29, 0.717) is 12.8 Å². The fourth-order valence-corrected chi connectivity index (χ4v) is 1.99. The van der Waals surface area contributed by atoms with Gasteiger partial charge >= 0.3 is 5.97 Å². The number of hydrogen-bond acceptors (Lipinski definition) is 2. The number of hydrogen-bond donors (Lipinski definition) is 2. The molecule has 18 heavy (non-hydrogen) atoms. The van der Waals surface area contributed by atoms with Crippen LogP contribution in [0.15, 0.2) is 24.3 Å². The maximum Gasteiger partial charge on any atom is 0.320 e. The first-order chi connectivity index (χ1) is 8.52. The minimum Gasteiger partial charge on any atom is -0.480 e. The van der Waals surface area contributed by atoms with Crippen LogP contribution in [-0.2, 0) is 11.2 Å². The first-order valence-corrected chi connectivity index (χ1v) is 6.26. The maximum absolute atomic E-state index is 13.0. The normalized spacial score (nSPS) is 14.2. The molecule has 0 aromatic heterocycles.